The van der Waals surface area contributed by atoms with Crippen LogP contribution in [0, 0.1) is 0 Å². The normalized spacial score (nSPS) is 15.0. The number of nitrogens with one attached hydrogen (secondary N) is 1. The summed E-state index contributed by atoms with van der Waals surface area (Å²) in [4.78, 5) is 27.4. The van der Waals surface area contributed by atoms with Gasteiger partial charge in [-0.2, -0.15) is 0 Å². The topological polar surface area (TPSA) is 68.6 Å². The zero-order chi connectivity index (χ0) is 26.7. The lowest BCUT2D eigenvalue weighted by Crippen LogP contribution is -2.47. The number of rotatable bonds is 8. The quantitative estimate of drug-likeness (QED) is 0.356. The molecule has 5 rings (SSSR count). The van der Waals surface area contributed by atoms with Crippen LogP contribution in [-0.4, -0.2) is 70.3 Å². The number of carbonyl (C=O) groups is 1. The Balaban J connectivity index is 1.30. The van der Waals surface area contributed by atoms with E-state index in [9.17, 15) is 4.79 Å². The van der Waals surface area contributed by atoms with E-state index in [1.54, 1.807) is 0 Å². The zero-order valence-corrected chi connectivity index (χ0v) is 23.0. The van der Waals surface area contributed by atoms with Crippen molar-refractivity contribution in [3.05, 3.63) is 89.3 Å². The summed E-state index contributed by atoms with van der Waals surface area (Å²) in [5, 5.41) is 1.26. The molecule has 2 aromatic heterocycles. The van der Waals surface area contributed by atoms with Crippen LogP contribution in [0.15, 0.2) is 65.4 Å². The summed E-state index contributed by atoms with van der Waals surface area (Å²) in [6.07, 6.45) is 4.53. The summed E-state index contributed by atoms with van der Waals surface area (Å²) in [6, 6.07) is 17.3. The van der Waals surface area contributed by atoms with Gasteiger partial charge in [-0.1, -0.05) is 63.2 Å². The number of H-pyrrole nitrogens is 1. The molecule has 1 saturated heterocycles. The Bertz CT molecular complexity index is 1360. The van der Waals surface area contributed by atoms with Crippen LogP contribution in [0.25, 0.3) is 10.9 Å². The first kappa shape index (κ1) is 26.2. The van der Waals surface area contributed by atoms with Crippen LogP contribution in [0.2, 0.25) is 0 Å². The van der Waals surface area contributed by atoms with Gasteiger partial charge in [-0.3, -0.25) is 9.69 Å². The summed E-state index contributed by atoms with van der Waals surface area (Å²) >= 11 is 0. The number of carbonyl (C=O) groups excluding carboxylic acids is 1. The minimum atomic E-state index is -0.0452. The van der Waals surface area contributed by atoms with Crippen LogP contribution in [-0.2, 0) is 24.9 Å². The molecule has 0 radical (unpaired) electrons. The number of benzene rings is 2. The highest BCUT2D eigenvalue weighted by Gasteiger charge is 2.24. The van der Waals surface area contributed by atoms with E-state index in [0.717, 1.165) is 51.2 Å². The number of nitrogens with zero attached hydrogens (tertiary/aromatic N) is 4. The van der Waals surface area contributed by atoms with Crippen LogP contribution >= 0.6 is 0 Å². The van der Waals surface area contributed by atoms with E-state index in [2.05, 4.69) is 102 Å². The summed E-state index contributed by atoms with van der Waals surface area (Å²) in [5.74, 6) is 0.531. The lowest BCUT2D eigenvalue weighted by molar-refractivity contribution is 0.0658. The van der Waals surface area contributed by atoms with Crippen molar-refractivity contribution >= 4 is 16.8 Å². The van der Waals surface area contributed by atoms with Crippen LogP contribution < -0.4 is 0 Å². The summed E-state index contributed by atoms with van der Waals surface area (Å²) in [7, 11) is 2.08. The van der Waals surface area contributed by atoms with Crippen LogP contribution in [0.3, 0.4) is 0 Å². The molecule has 0 bridgehead atoms. The molecule has 4 aromatic rings. The number of hydrogen-bond donors (Lipinski definition) is 1. The van der Waals surface area contributed by atoms with Gasteiger partial charge >= 0.3 is 0 Å². The average Bonchev–Trinajstić information content (AvgIpc) is 3.54. The van der Waals surface area contributed by atoms with Gasteiger partial charge in [0.25, 0.3) is 5.91 Å². The predicted octanol–water partition coefficient (Wildman–Crippen LogP) is 5.09. The molecule has 0 aliphatic carbocycles. The first-order valence-electron chi connectivity index (χ1n) is 13.6. The number of aromatic nitrogens is 2. The molecule has 1 aliphatic heterocycles. The first-order chi connectivity index (χ1) is 18.3. The van der Waals surface area contributed by atoms with Crippen LogP contribution in [0.5, 0.6) is 0 Å². The second-order valence-corrected chi connectivity index (χ2v) is 11.5. The van der Waals surface area contributed by atoms with Crippen molar-refractivity contribution < 1.29 is 9.21 Å². The van der Waals surface area contributed by atoms with Crippen LogP contribution in [0.4, 0.5) is 0 Å². The maximum absolute atomic E-state index is 13.0. The van der Waals surface area contributed by atoms with Gasteiger partial charge in [0.2, 0.25) is 5.89 Å². The number of para-hydroxylation sites is 1. The molecule has 0 atom stereocenters. The molecule has 38 heavy (non-hydrogen) atoms. The van der Waals surface area contributed by atoms with Crippen molar-refractivity contribution in [1.29, 1.82) is 0 Å². The summed E-state index contributed by atoms with van der Waals surface area (Å²) < 4.78 is 5.82. The largest absolute Gasteiger partial charge is 0.447 e. The molecule has 7 heteroatoms. The highest BCUT2D eigenvalue weighted by molar-refractivity contribution is 5.92. The number of piperazine rings is 1. The molecule has 1 amide bonds. The minimum Gasteiger partial charge on any atom is -0.447 e. The number of aromatic amines is 1. The van der Waals surface area contributed by atoms with Crippen LogP contribution in [0.1, 0.15) is 53.8 Å². The summed E-state index contributed by atoms with van der Waals surface area (Å²) in [6.45, 7) is 12.1. The van der Waals surface area contributed by atoms with E-state index in [1.165, 1.54) is 28.3 Å². The van der Waals surface area contributed by atoms with Gasteiger partial charge in [0.1, 0.15) is 6.26 Å². The Morgan fingerprint density at radius 1 is 1.03 bits per heavy atom. The maximum atomic E-state index is 13.0. The molecule has 0 saturated carbocycles. The van der Waals surface area contributed by atoms with E-state index in [-0.39, 0.29) is 11.3 Å². The fraction of sp³-hybridized carbons (Fsp3) is 0.419. The number of hydrogen-bond acceptors (Lipinski definition) is 5. The molecule has 1 fully saturated rings. The zero-order valence-electron chi connectivity index (χ0n) is 23.0. The maximum Gasteiger partial charge on any atom is 0.275 e. The second kappa shape index (κ2) is 11.1. The smallest absolute Gasteiger partial charge is 0.275 e. The molecule has 7 nitrogen and oxygen atoms in total. The number of oxazole rings is 1. The molecule has 200 valence electrons. The molecule has 2 aromatic carbocycles. The standard InChI is InChI=1S/C31H39N5O2/c1-31(2,3)25-11-9-23(10-12-25)20-35(14-13-24-19-32-27-8-6-5-7-26(24)27)21-29-33-28(22-38-29)30(37)36-17-15-34(4)16-18-36/h5-12,19,22,32H,13-18,20-21H2,1-4H3. The molecule has 0 unspecified atom stereocenters. The van der Waals surface area contributed by atoms with Crippen molar-refractivity contribution in [2.75, 3.05) is 39.8 Å². The van der Waals surface area contributed by atoms with E-state index >= 15 is 0 Å². The summed E-state index contributed by atoms with van der Waals surface area (Å²) in [5.41, 5.74) is 5.55. The van der Waals surface area contributed by atoms with Crippen molar-refractivity contribution in [2.45, 2.75) is 45.7 Å². The van der Waals surface area contributed by atoms with E-state index < -0.39 is 0 Å². The van der Waals surface area contributed by atoms with Gasteiger partial charge in [0, 0.05) is 56.4 Å². The molecular formula is C31H39N5O2. The van der Waals surface area contributed by atoms with Crippen molar-refractivity contribution in [1.82, 2.24) is 24.7 Å². The average molecular weight is 514 g/mol. The Morgan fingerprint density at radius 3 is 2.50 bits per heavy atom. The second-order valence-electron chi connectivity index (χ2n) is 11.5. The fourth-order valence-electron chi connectivity index (χ4n) is 5.04. The van der Waals surface area contributed by atoms with Gasteiger partial charge in [-0.05, 0) is 41.6 Å². The SMILES string of the molecule is CN1CCN(C(=O)c2coc(CN(CCc3c[nH]c4ccccc34)Cc3ccc(C(C)(C)C)cc3)n2)CC1. The minimum absolute atomic E-state index is 0.0452. The van der Waals surface area contributed by atoms with Gasteiger partial charge in [0.05, 0.1) is 6.54 Å². The monoisotopic (exact) mass is 513 g/mol. The molecule has 0 spiro atoms. The lowest BCUT2D eigenvalue weighted by atomic mass is 9.87. The highest BCUT2D eigenvalue weighted by Crippen LogP contribution is 2.23. The molecular weight excluding hydrogens is 474 g/mol. The van der Waals surface area contributed by atoms with Crippen molar-refractivity contribution in [2.24, 2.45) is 0 Å². The molecule has 1 aliphatic rings. The first-order valence-corrected chi connectivity index (χ1v) is 13.6. The number of likely N-dealkylation sites (N-methyl/N-ethyl adjacent to an activating group) is 1. The van der Waals surface area contributed by atoms with E-state index in [0.29, 0.717) is 18.1 Å². The third kappa shape index (κ3) is 6.17. The van der Waals surface area contributed by atoms with Gasteiger partial charge in [0.15, 0.2) is 5.69 Å². The van der Waals surface area contributed by atoms with E-state index in [4.69, 9.17) is 4.42 Å². The van der Waals surface area contributed by atoms with Gasteiger partial charge in [-0.15, -0.1) is 0 Å². The Kier molecular flexibility index (Phi) is 7.68. The fourth-order valence-corrected chi connectivity index (χ4v) is 5.04. The molecule has 3 heterocycles. The number of amides is 1. The molecule has 1 N–H and O–H groups in total. The number of fused-ring (bicyclic) bond motifs is 1. The van der Waals surface area contributed by atoms with E-state index in [1.807, 2.05) is 4.90 Å². The lowest BCUT2D eigenvalue weighted by Gasteiger charge is -2.31. The Hall–Kier alpha value is -3.42. The third-order valence-electron chi connectivity index (χ3n) is 7.52. The third-order valence-corrected chi connectivity index (χ3v) is 7.52. The van der Waals surface area contributed by atoms with Gasteiger partial charge < -0.3 is 19.2 Å². The van der Waals surface area contributed by atoms with Crippen molar-refractivity contribution in [3.63, 3.8) is 0 Å². The van der Waals surface area contributed by atoms with Gasteiger partial charge in [-0.25, -0.2) is 4.98 Å². The van der Waals surface area contributed by atoms with Crippen molar-refractivity contribution in [3.8, 4) is 0 Å². The predicted molar refractivity (Wildman–Crippen MR) is 151 cm³/mol. The highest BCUT2D eigenvalue weighted by atomic mass is 16.3. The Morgan fingerprint density at radius 2 is 1.76 bits per heavy atom. The Labute approximate surface area is 225 Å².